The van der Waals surface area contributed by atoms with Gasteiger partial charge < -0.3 is 15.3 Å². The van der Waals surface area contributed by atoms with E-state index in [0.717, 1.165) is 18.4 Å². The van der Waals surface area contributed by atoms with Crippen LogP contribution in [0.3, 0.4) is 0 Å². The molecule has 70 valence electrons. The highest BCUT2D eigenvalue weighted by molar-refractivity contribution is 4.91. The van der Waals surface area contributed by atoms with Crippen LogP contribution in [0.1, 0.15) is 6.92 Å². The maximum absolute atomic E-state index is 9.22. The maximum Gasteiger partial charge on any atom is 0.0639 e. The molecular weight excluding hydrogens is 152 g/mol. The van der Waals surface area contributed by atoms with E-state index in [0.29, 0.717) is 0 Å². The third-order valence-corrected chi connectivity index (χ3v) is 2.99. The Bertz CT molecular complexity index is 149. The van der Waals surface area contributed by atoms with E-state index in [-0.39, 0.29) is 6.10 Å². The Morgan fingerprint density at radius 3 is 2.50 bits per heavy atom. The Morgan fingerprint density at radius 1 is 1.42 bits per heavy atom. The summed E-state index contributed by atoms with van der Waals surface area (Å²) in [6.07, 6.45) is -0.170. The van der Waals surface area contributed by atoms with Crippen LogP contribution in [0.2, 0.25) is 0 Å². The van der Waals surface area contributed by atoms with Crippen LogP contribution in [0, 0.1) is 11.8 Å². The van der Waals surface area contributed by atoms with Gasteiger partial charge in [-0.05, 0) is 31.8 Å². The summed E-state index contributed by atoms with van der Waals surface area (Å²) in [4.78, 5) is 2.39. The SMILES string of the molecule is C[C@@H](O)CN1CC2CNCC2C1. The number of aliphatic hydroxyl groups is 1. The quantitative estimate of drug-likeness (QED) is 0.587. The molecule has 3 atom stereocenters. The lowest BCUT2D eigenvalue weighted by Crippen LogP contribution is -2.31. The minimum Gasteiger partial charge on any atom is -0.392 e. The zero-order chi connectivity index (χ0) is 8.55. The van der Waals surface area contributed by atoms with Crippen molar-refractivity contribution in [3.8, 4) is 0 Å². The number of β-amino-alcohol motifs (C(OH)–C–C–N with tert-alkyl or cyclic N) is 1. The van der Waals surface area contributed by atoms with Crippen LogP contribution in [0.4, 0.5) is 0 Å². The van der Waals surface area contributed by atoms with Gasteiger partial charge in [-0.15, -0.1) is 0 Å². The first-order chi connectivity index (χ1) is 5.75. The molecule has 2 N–H and O–H groups in total. The van der Waals surface area contributed by atoms with Crippen molar-refractivity contribution in [2.45, 2.75) is 13.0 Å². The molecule has 2 aliphatic rings. The predicted octanol–water partition coefficient (Wildman–Crippen LogP) is -0.482. The second-order valence-corrected chi connectivity index (χ2v) is 4.25. The molecule has 0 bridgehead atoms. The Kier molecular flexibility index (Phi) is 2.35. The summed E-state index contributed by atoms with van der Waals surface area (Å²) in [5.74, 6) is 1.70. The van der Waals surface area contributed by atoms with Crippen LogP contribution >= 0.6 is 0 Å². The fourth-order valence-corrected chi connectivity index (χ4v) is 2.48. The Morgan fingerprint density at radius 2 is 2.00 bits per heavy atom. The van der Waals surface area contributed by atoms with Crippen molar-refractivity contribution in [1.82, 2.24) is 10.2 Å². The molecule has 2 aliphatic heterocycles. The monoisotopic (exact) mass is 170 g/mol. The van der Waals surface area contributed by atoms with Gasteiger partial charge in [-0.1, -0.05) is 0 Å². The topological polar surface area (TPSA) is 35.5 Å². The van der Waals surface area contributed by atoms with Crippen molar-refractivity contribution in [3.63, 3.8) is 0 Å². The summed E-state index contributed by atoms with van der Waals surface area (Å²) < 4.78 is 0. The van der Waals surface area contributed by atoms with E-state index in [1.165, 1.54) is 26.2 Å². The molecule has 2 rings (SSSR count). The zero-order valence-electron chi connectivity index (χ0n) is 7.66. The lowest BCUT2D eigenvalue weighted by atomic mass is 10.0. The fraction of sp³-hybridized carbons (Fsp3) is 1.00. The molecule has 2 unspecified atom stereocenters. The number of aliphatic hydroxyl groups excluding tert-OH is 1. The van der Waals surface area contributed by atoms with Gasteiger partial charge >= 0.3 is 0 Å². The van der Waals surface area contributed by atoms with E-state index in [1.54, 1.807) is 0 Å². The molecule has 2 heterocycles. The van der Waals surface area contributed by atoms with E-state index in [4.69, 9.17) is 0 Å². The van der Waals surface area contributed by atoms with Crippen LogP contribution in [-0.2, 0) is 0 Å². The zero-order valence-corrected chi connectivity index (χ0v) is 7.66. The number of fused-ring (bicyclic) bond motifs is 1. The van der Waals surface area contributed by atoms with E-state index < -0.39 is 0 Å². The molecule has 0 aromatic heterocycles. The summed E-state index contributed by atoms with van der Waals surface area (Å²) in [6.45, 7) is 7.45. The minimum absolute atomic E-state index is 0.170. The highest BCUT2D eigenvalue weighted by Crippen LogP contribution is 2.25. The number of rotatable bonds is 2. The van der Waals surface area contributed by atoms with Crippen molar-refractivity contribution < 1.29 is 5.11 Å². The molecule has 2 fully saturated rings. The van der Waals surface area contributed by atoms with Gasteiger partial charge in [-0.2, -0.15) is 0 Å². The van der Waals surface area contributed by atoms with Crippen LogP contribution in [0.15, 0.2) is 0 Å². The third-order valence-electron chi connectivity index (χ3n) is 2.99. The molecule has 0 aromatic rings. The Labute approximate surface area is 73.8 Å². The van der Waals surface area contributed by atoms with Gasteiger partial charge in [0.2, 0.25) is 0 Å². The lowest BCUT2D eigenvalue weighted by Gasteiger charge is -2.18. The molecule has 3 nitrogen and oxygen atoms in total. The van der Waals surface area contributed by atoms with Gasteiger partial charge in [-0.3, -0.25) is 0 Å². The minimum atomic E-state index is -0.170. The van der Waals surface area contributed by atoms with Crippen molar-refractivity contribution >= 4 is 0 Å². The second kappa shape index (κ2) is 3.32. The first kappa shape index (κ1) is 8.48. The fourth-order valence-electron chi connectivity index (χ4n) is 2.48. The van der Waals surface area contributed by atoms with Crippen molar-refractivity contribution in [2.75, 3.05) is 32.7 Å². The maximum atomic E-state index is 9.22. The van der Waals surface area contributed by atoms with Crippen LogP contribution < -0.4 is 5.32 Å². The molecule has 0 amide bonds. The number of hydrogen-bond donors (Lipinski definition) is 2. The normalized spacial score (nSPS) is 38.5. The van der Waals surface area contributed by atoms with Gasteiger partial charge in [0.1, 0.15) is 0 Å². The third kappa shape index (κ3) is 1.63. The van der Waals surface area contributed by atoms with Gasteiger partial charge in [0, 0.05) is 19.6 Å². The van der Waals surface area contributed by atoms with E-state index >= 15 is 0 Å². The molecule has 0 aromatic carbocycles. The van der Waals surface area contributed by atoms with Crippen LogP contribution in [-0.4, -0.2) is 48.8 Å². The van der Waals surface area contributed by atoms with Crippen molar-refractivity contribution in [1.29, 1.82) is 0 Å². The summed E-state index contributed by atoms with van der Waals surface area (Å²) in [7, 11) is 0. The summed E-state index contributed by atoms with van der Waals surface area (Å²) in [5.41, 5.74) is 0. The lowest BCUT2D eigenvalue weighted by molar-refractivity contribution is 0.136. The Balaban J connectivity index is 1.82. The first-order valence-electron chi connectivity index (χ1n) is 4.87. The highest BCUT2D eigenvalue weighted by atomic mass is 16.3. The Hall–Kier alpha value is -0.120. The number of nitrogens with one attached hydrogen (secondary N) is 1. The molecule has 2 saturated heterocycles. The van der Waals surface area contributed by atoms with Gasteiger partial charge in [0.25, 0.3) is 0 Å². The standard InChI is InChI=1S/C9H18N2O/c1-7(12)4-11-5-8-2-10-3-9(8)6-11/h7-10,12H,2-6H2,1H3/t7-,8?,9?/m1/s1. The molecule has 12 heavy (non-hydrogen) atoms. The number of nitrogens with zero attached hydrogens (tertiary/aromatic N) is 1. The first-order valence-corrected chi connectivity index (χ1v) is 4.87. The van der Waals surface area contributed by atoms with Gasteiger partial charge in [0.15, 0.2) is 0 Å². The van der Waals surface area contributed by atoms with Crippen LogP contribution in [0.5, 0.6) is 0 Å². The van der Waals surface area contributed by atoms with E-state index in [2.05, 4.69) is 10.2 Å². The van der Waals surface area contributed by atoms with Crippen molar-refractivity contribution in [3.05, 3.63) is 0 Å². The van der Waals surface area contributed by atoms with Gasteiger partial charge in [0.05, 0.1) is 6.10 Å². The molecule has 0 radical (unpaired) electrons. The average Bonchev–Trinajstić information content (AvgIpc) is 2.43. The van der Waals surface area contributed by atoms with Gasteiger partial charge in [-0.25, -0.2) is 0 Å². The summed E-state index contributed by atoms with van der Waals surface area (Å²) in [5, 5.41) is 12.6. The molecule has 0 saturated carbocycles. The molecule has 3 heteroatoms. The molecule has 0 spiro atoms. The summed E-state index contributed by atoms with van der Waals surface area (Å²) in [6, 6.07) is 0. The van der Waals surface area contributed by atoms with Crippen molar-refractivity contribution in [2.24, 2.45) is 11.8 Å². The average molecular weight is 170 g/mol. The smallest absolute Gasteiger partial charge is 0.0639 e. The highest BCUT2D eigenvalue weighted by Gasteiger charge is 2.35. The van der Waals surface area contributed by atoms with E-state index in [9.17, 15) is 5.11 Å². The number of likely N-dealkylation sites (tertiary alicyclic amines) is 1. The van der Waals surface area contributed by atoms with Crippen LogP contribution in [0.25, 0.3) is 0 Å². The summed E-state index contributed by atoms with van der Waals surface area (Å²) >= 11 is 0. The molecular formula is C9H18N2O. The molecule has 0 aliphatic carbocycles. The number of hydrogen-bond acceptors (Lipinski definition) is 3. The second-order valence-electron chi connectivity index (χ2n) is 4.25. The van der Waals surface area contributed by atoms with E-state index in [1.807, 2.05) is 6.92 Å². The largest absolute Gasteiger partial charge is 0.392 e. The predicted molar refractivity (Wildman–Crippen MR) is 48.0 cm³/mol.